The van der Waals surface area contributed by atoms with Crippen molar-refractivity contribution in [3.05, 3.63) is 23.8 Å². The zero-order chi connectivity index (χ0) is 14.5. The zero-order valence-electron chi connectivity index (χ0n) is 11.5. The molecule has 1 aromatic rings. The van der Waals surface area contributed by atoms with Crippen molar-refractivity contribution >= 4 is 17.6 Å². The number of aliphatic carboxylic acids is 1. The highest BCUT2D eigenvalue weighted by Gasteiger charge is 2.20. The molecule has 1 aromatic carbocycles. The Labute approximate surface area is 117 Å². The molecule has 108 valence electrons. The highest BCUT2D eigenvalue weighted by Crippen LogP contribution is 2.27. The van der Waals surface area contributed by atoms with E-state index in [0.29, 0.717) is 25.0 Å². The molecule has 1 atom stereocenters. The second-order valence-corrected chi connectivity index (χ2v) is 4.95. The van der Waals surface area contributed by atoms with Crippen LogP contribution in [0.2, 0.25) is 0 Å². The maximum atomic E-state index is 11.3. The van der Waals surface area contributed by atoms with Crippen molar-refractivity contribution in [2.75, 3.05) is 5.32 Å². The predicted octanol–water partition coefficient (Wildman–Crippen LogP) is 2.59. The molecule has 5 nitrogen and oxygen atoms in total. The van der Waals surface area contributed by atoms with Gasteiger partial charge in [0, 0.05) is 12.1 Å². The number of carbonyl (C=O) groups is 2. The van der Waals surface area contributed by atoms with Crippen molar-refractivity contribution in [2.24, 2.45) is 0 Å². The van der Waals surface area contributed by atoms with Crippen molar-refractivity contribution in [1.82, 2.24) is 0 Å². The lowest BCUT2D eigenvalue weighted by molar-refractivity contribution is -0.145. The Morgan fingerprint density at radius 3 is 2.95 bits per heavy atom. The van der Waals surface area contributed by atoms with Crippen LogP contribution in [0.5, 0.6) is 5.75 Å². The average molecular weight is 277 g/mol. The minimum absolute atomic E-state index is 0.0116. The van der Waals surface area contributed by atoms with Crippen molar-refractivity contribution in [3.63, 3.8) is 0 Å². The minimum atomic E-state index is -0.940. The fourth-order valence-electron chi connectivity index (χ4n) is 2.22. The maximum Gasteiger partial charge on any atom is 0.344 e. The lowest BCUT2D eigenvalue weighted by atomic mass is 10.0. The first-order chi connectivity index (χ1) is 9.60. The van der Waals surface area contributed by atoms with Gasteiger partial charge in [0.15, 0.2) is 6.10 Å². The molecule has 0 aromatic heterocycles. The van der Waals surface area contributed by atoms with E-state index in [9.17, 15) is 9.59 Å². The van der Waals surface area contributed by atoms with Crippen LogP contribution in [0.15, 0.2) is 18.2 Å². The molecule has 2 N–H and O–H groups in total. The molecule has 2 rings (SSSR count). The van der Waals surface area contributed by atoms with Crippen LogP contribution in [0.25, 0.3) is 0 Å². The van der Waals surface area contributed by atoms with Crippen molar-refractivity contribution in [1.29, 1.82) is 0 Å². The van der Waals surface area contributed by atoms with E-state index in [-0.39, 0.29) is 5.91 Å². The number of aryl methyl sites for hydroxylation is 1. The summed E-state index contributed by atoms with van der Waals surface area (Å²) in [4.78, 5) is 22.4. The molecule has 0 aliphatic carbocycles. The van der Waals surface area contributed by atoms with Gasteiger partial charge in [0.05, 0.1) is 0 Å². The maximum absolute atomic E-state index is 11.3. The first-order valence-electron chi connectivity index (χ1n) is 6.92. The van der Waals surface area contributed by atoms with Crippen LogP contribution >= 0.6 is 0 Å². The van der Waals surface area contributed by atoms with Gasteiger partial charge >= 0.3 is 5.97 Å². The molecular formula is C15H19NO4. The smallest absolute Gasteiger partial charge is 0.344 e. The van der Waals surface area contributed by atoms with Gasteiger partial charge in [-0.25, -0.2) is 4.79 Å². The van der Waals surface area contributed by atoms with Crippen molar-refractivity contribution < 1.29 is 19.4 Å². The number of carboxylic acid groups (broad SMARTS) is 1. The van der Waals surface area contributed by atoms with E-state index >= 15 is 0 Å². The van der Waals surface area contributed by atoms with Crippen molar-refractivity contribution in [2.45, 2.75) is 45.1 Å². The number of rotatable bonds is 6. The summed E-state index contributed by atoms with van der Waals surface area (Å²) in [7, 11) is 0. The quantitative estimate of drug-likeness (QED) is 0.838. The summed E-state index contributed by atoms with van der Waals surface area (Å²) in [5.74, 6) is -0.384. The minimum Gasteiger partial charge on any atom is -0.479 e. The first-order valence-corrected chi connectivity index (χ1v) is 6.92. The van der Waals surface area contributed by atoms with Gasteiger partial charge in [-0.3, -0.25) is 4.79 Å². The van der Waals surface area contributed by atoms with Gasteiger partial charge in [0.1, 0.15) is 5.75 Å². The van der Waals surface area contributed by atoms with Gasteiger partial charge in [0.2, 0.25) is 5.91 Å². The molecule has 20 heavy (non-hydrogen) atoms. The zero-order valence-corrected chi connectivity index (χ0v) is 11.5. The van der Waals surface area contributed by atoms with Crippen LogP contribution in [-0.4, -0.2) is 23.1 Å². The van der Waals surface area contributed by atoms with Crippen LogP contribution in [0.1, 0.15) is 38.2 Å². The SMILES string of the molecule is CCCCC(Oc1ccc2c(c1)CCC(=O)N2)C(=O)O. The Balaban J connectivity index is 2.09. The van der Waals surface area contributed by atoms with E-state index in [1.807, 2.05) is 13.0 Å². The number of amides is 1. The molecule has 5 heteroatoms. The fourth-order valence-corrected chi connectivity index (χ4v) is 2.22. The van der Waals surface area contributed by atoms with Crippen LogP contribution in [0, 0.1) is 0 Å². The van der Waals surface area contributed by atoms with Crippen LogP contribution in [0.3, 0.4) is 0 Å². The fraction of sp³-hybridized carbons (Fsp3) is 0.467. The number of anilines is 1. The summed E-state index contributed by atoms with van der Waals surface area (Å²) >= 11 is 0. The molecular weight excluding hydrogens is 258 g/mol. The van der Waals surface area contributed by atoms with Gasteiger partial charge < -0.3 is 15.2 Å². The monoisotopic (exact) mass is 277 g/mol. The number of carbonyl (C=O) groups excluding carboxylic acids is 1. The van der Waals surface area contributed by atoms with Crippen LogP contribution in [-0.2, 0) is 16.0 Å². The summed E-state index contributed by atoms with van der Waals surface area (Å²) in [5, 5.41) is 11.9. The summed E-state index contributed by atoms with van der Waals surface area (Å²) in [6.07, 6.45) is 2.55. The van der Waals surface area contributed by atoms with E-state index in [4.69, 9.17) is 9.84 Å². The molecule has 1 aliphatic heterocycles. The number of hydrogen-bond acceptors (Lipinski definition) is 3. The summed E-state index contributed by atoms with van der Waals surface area (Å²) in [6, 6.07) is 5.28. The van der Waals surface area contributed by atoms with Crippen LogP contribution in [0.4, 0.5) is 5.69 Å². The number of nitrogens with one attached hydrogen (secondary N) is 1. The molecule has 1 aliphatic rings. The second kappa shape index (κ2) is 6.41. The Kier molecular flexibility index (Phi) is 4.61. The Morgan fingerprint density at radius 1 is 1.45 bits per heavy atom. The van der Waals surface area contributed by atoms with Gasteiger partial charge in [-0.1, -0.05) is 13.3 Å². The van der Waals surface area contributed by atoms with Gasteiger partial charge in [-0.05, 0) is 43.0 Å². The highest BCUT2D eigenvalue weighted by atomic mass is 16.5. The molecule has 0 saturated heterocycles. The van der Waals surface area contributed by atoms with E-state index in [2.05, 4.69) is 5.32 Å². The number of benzene rings is 1. The number of ether oxygens (including phenoxy) is 1. The molecule has 0 fully saturated rings. The van der Waals surface area contributed by atoms with Gasteiger partial charge in [-0.15, -0.1) is 0 Å². The molecule has 0 radical (unpaired) electrons. The van der Waals surface area contributed by atoms with Gasteiger partial charge in [0.25, 0.3) is 0 Å². The molecule has 0 bridgehead atoms. The normalized spacial score (nSPS) is 15.2. The Morgan fingerprint density at radius 2 is 2.25 bits per heavy atom. The number of carboxylic acids is 1. The Hall–Kier alpha value is -2.04. The highest BCUT2D eigenvalue weighted by molar-refractivity contribution is 5.94. The van der Waals surface area contributed by atoms with E-state index < -0.39 is 12.1 Å². The molecule has 1 amide bonds. The topological polar surface area (TPSA) is 75.6 Å². The number of hydrogen-bond donors (Lipinski definition) is 2. The van der Waals surface area contributed by atoms with Gasteiger partial charge in [-0.2, -0.15) is 0 Å². The second-order valence-electron chi connectivity index (χ2n) is 4.95. The number of fused-ring (bicyclic) bond motifs is 1. The van der Waals surface area contributed by atoms with E-state index in [1.54, 1.807) is 12.1 Å². The third-order valence-electron chi connectivity index (χ3n) is 3.35. The third-order valence-corrected chi connectivity index (χ3v) is 3.35. The van der Waals surface area contributed by atoms with E-state index in [0.717, 1.165) is 24.1 Å². The van der Waals surface area contributed by atoms with Crippen molar-refractivity contribution in [3.8, 4) is 5.75 Å². The van der Waals surface area contributed by atoms with E-state index in [1.165, 1.54) is 0 Å². The average Bonchev–Trinajstić information content (AvgIpc) is 2.43. The first kappa shape index (κ1) is 14.4. The lowest BCUT2D eigenvalue weighted by Crippen LogP contribution is -2.27. The molecule has 1 heterocycles. The summed E-state index contributed by atoms with van der Waals surface area (Å²) in [6.45, 7) is 2.01. The lowest BCUT2D eigenvalue weighted by Gasteiger charge is -2.19. The summed E-state index contributed by atoms with van der Waals surface area (Å²) < 4.78 is 5.56. The van der Waals surface area contributed by atoms with Crippen LogP contribution < -0.4 is 10.1 Å². The summed E-state index contributed by atoms with van der Waals surface area (Å²) in [5.41, 5.74) is 1.77. The molecule has 1 unspecified atom stereocenters. The third kappa shape index (κ3) is 3.50. The predicted molar refractivity (Wildman–Crippen MR) is 75.0 cm³/mol. The molecule has 0 spiro atoms. The number of unbranched alkanes of at least 4 members (excludes halogenated alkanes) is 1. The standard InChI is InChI=1S/C15H19NO4/c1-2-3-4-13(15(18)19)20-11-6-7-12-10(9-11)5-8-14(17)16-12/h6-7,9,13H,2-5,8H2,1H3,(H,16,17)(H,18,19). The molecule has 0 saturated carbocycles. The Bertz CT molecular complexity index is 513. The largest absolute Gasteiger partial charge is 0.479 e.